The second-order valence-corrected chi connectivity index (χ2v) is 8.78. The van der Waals surface area contributed by atoms with E-state index in [1.807, 2.05) is 13.8 Å². The van der Waals surface area contributed by atoms with Crippen molar-refractivity contribution in [3.05, 3.63) is 17.4 Å². The van der Waals surface area contributed by atoms with Crippen LogP contribution in [-0.2, 0) is 4.79 Å². The first-order valence-corrected chi connectivity index (χ1v) is 9.83. The van der Waals surface area contributed by atoms with Crippen molar-refractivity contribution in [2.24, 2.45) is 5.92 Å². The van der Waals surface area contributed by atoms with Crippen molar-refractivity contribution < 1.29 is 19.4 Å². The van der Waals surface area contributed by atoms with Gasteiger partial charge in [0.05, 0.1) is 17.4 Å². The number of aromatic nitrogens is 2. The van der Waals surface area contributed by atoms with Gasteiger partial charge in [-0.1, -0.05) is 25.4 Å². The fourth-order valence-corrected chi connectivity index (χ4v) is 3.51. The zero-order valence-electron chi connectivity index (χ0n) is 17.1. The summed E-state index contributed by atoms with van der Waals surface area (Å²) in [6.07, 6.45) is 3.03. The number of likely N-dealkylation sites (tertiary alicyclic amines) is 1. The lowest BCUT2D eigenvalue weighted by molar-refractivity contribution is -0.142. The lowest BCUT2D eigenvalue weighted by Crippen LogP contribution is -2.60. The molecular weight excluding hydrogens is 384 g/mol. The smallest absolute Gasteiger partial charge is 0.408 e. The Morgan fingerprint density at radius 2 is 1.79 bits per heavy atom. The topological polar surface area (TPSA) is 95.9 Å². The lowest BCUT2D eigenvalue weighted by atomic mass is 9.94. The van der Waals surface area contributed by atoms with E-state index in [9.17, 15) is 14.7 Å². The summed E-state index contributed by atoms with van der Waals surface area (Å²) in [6, 6.07) is -0.464. The van der Waals surface area contributed by atoms with Crippen LogP contribution in [0, 0.1) is 5.92 Å². The lowest BCUT2D eigenvalue weighted by Gasteiger charge is -2.43. The number of ether oxygens (including phenoxy) is 1. The molecule has 1 aromatic heterocycles. The Labute approximate surface area is 170 Å². The number of carbonyl (C=O) groups is 2. The van der Waals surface area contributed by atoms with Crippen LogP contribution in [0.4, 0.5) is 4.79 Å². The van der Waals surface area contributed by atoms with Crippen LogP contribution in [0.15, 0.2) is 12.4 Å². The molecule has 1 aliphatic heterocycles. The molecule has 1 aliphatic rings. The van der Waals surface area contributed by atoms with E-state index in [0.29, 0.717) is 31.0 Å². The van der Waals surface area contributed by atoms with Gasteiger partial charge in [0.25, 0.3) is 0 Å². The summed E-state index contributed by atoms with van der Waals surface area (Å²) in [7, 11) is 0. The second-order valence-electron chi connectivity index (χ2n) is 8.34. The minimum atomic E-state index is -1.09. The zero-order valence-corrected chi connectivity index (χ0v) is 17.8. The first kappa shape index (κ1) is 22.2. The quantitative estimate of drug-likeness (QED) is 0.797. The minimum absolute atomic E-state index is 0.0964. The van der Waals surface area contributed by atoms with E-state index in [2.05, 4.69) is 9.97 Å². The third-order valence-electron chi connectivity index (χ3n) is 4.71. The van der Waals surface area contributed by atoms with Gasteiger partial charge in [0.1, 0.15) is 12.1 Å². The van der Waals surface area contributed by atoms with Gasteiger partial charge in [0, 0.05) is 31.5 Å². The van der Waals surface area contributed by atoms with E-state index < -0.39 is 17.7 Å². The van der Waals surface area contributed by atoms with E-state index in [0.717, 1.165) is 0 Å². The monoisotopic (exact) mass is 412 g/mol. The molecule has 0 aliphatic carbocycles. The van der Waals surface area contributed by atoms with Crippen LogP contribution in [0.5, 0.6) is 6.01 Å². The van der Waals surface area contributed by atoms with Crippen LogP contribution in [0.1, 0.15) is 47.5 Å². The van der Waals surface area contributed by atoms with Gasteiger partial charge in [-0.2, -0.15) is 0 Å². The average Bonchev–Trinajstić information content (AvgIpc) is 2.60. The van der Waals surface area contributed by atoms with E-state index in [-0.39, 0.29) is 23.9 Å². The summed E-state index contributed by atoms with van der Waals surface area (Å²) in [5, 5.41) is 10.2. The van der Waals surface area contributed by atoms with E-state index >= 15 is 0 Å². The van der Waals surface area contributed by atoms with Crippen LogP contribution in [0.3, 0.4) is 0 Å². The maximum atomic E-state index is 13.2. The molecule has 1 atom stereocenters. The number of rotatable bonds is 5. The molecule has 2 rings (SSSR count). The fourth-order valence-electron chi connectivity index (χ4n) is 3.41. The molecule has 1 aromatic rings. The first-order chi connectivity index (χ1) is 13.0. The predicted molar refractivity (Wildman–Crippen MR) is 106 cm³/mol. The first-order valence-electron chi connectivity index (χ1n) is 9.46. The molecule has 0 radical (unpaired) electrons. The normalized spacial score (nSPS) is 16.8. The summed E-state index contributed by atoms with van der Waals surface area (Å²) in [6.45, 7) is 10.1. The zero-order chi connectivity index (χ0) is 21.1. The van der Waals surface area contributed by atoms with Crippen LogP contribution < -0.4 is 4.74 Å². The van der Waals surface area contributed by atoms with Crippen LogP contribution in [-0.4, -0.2) is 67.6 Å². The fraction of sp³-hybridized carbons (Fsp3) is 0.684. The molecule has 2 heterocycles. The SMILES string of the molecule is CC(C)[C@@H](C(=O)N1CCC(Oc2ncc(Cl)cn2)CC1)N(C(=O)O)C(C)(C)C. The molecule has 0 aromatic carbocycles. The maximum Gasteiger partial charge on any atom is 0.408 e. The number of hydrogen-bond acceptors (Lipinski definition) is 5. The van der Waals surface area contributed by atoms with Crippen molar-refractivity contribution in [2.45, 2.75) is 65.1 Å². The molecule has 0 saturated carbocycles. The number of piperidine rings is 1. The van der Waals surface area contributed by atoms with E-state index in [1.165, 1.54) is 17.3 Å². The Balaban J connectivity index is 2.03. The van der Waals surface area contributed by atoms with Crippen molar-refractivity contribution in [3.8, 4) is 6.01 Å². The Bertz CT molecular complexity index is 682. The van der Waals surface area contributed by atoms with E-state index in [1.54, 1.807) is 25.7 Å². The number of carbonyl (C=O) groups excluding carboxylic acids is 1. The number of hydrogen-bond donors (Lipinski definition) is 1. The minimum Gasteiger partial charge on any atom is -0.465 e. The molecular formula is C19H29ClN4O4. The summed E-state index contributed by atoms with van der Waals surface area (Å²) >= 11 is 5.77. The van der Waals surface area contributed by atoms with Gasteiger partial charge in [0.2, 0.25) is 5.91 Å². The number of amides is 2. The summed E-state index contributed by atoms with van der Waals surface area (Å²) < 4.78 is 5.76. The van der Waals surface area contributed by atoms with Crippen molar-refractivity contribution >= 4 is 23.6 Å². The average molecular weight is 413 g/mol. The third kappa shape index (κ3) is 5.47. The molecule has 2 amide bonds. The van der Waals surface area contributed by atoms with Crippen LogP contribution >= 0.6 is 11.6 Å². The van der Waals surface area contributed by atoms with Gasteiger partial charge in [-0.15, -0.1) is 0 Å². The molecule has 9 heteroatoms. The Hall–Kier alpha value is -2.09. The van der Waals surface area contributed by atoms with Crippen molar-refractivity contribution in [1.82, 2.24) is 19.8 Å². The molecule has 1 saturated heterocycles. The van der Waals surface area contributed by atoms with Gasteiger partial charge >= 0.3 is 12.1 Å². The second kappa shape index (κ2) is 8.94. The molecule has 156 valence electrons. The third-order valence-corrected chi connectivity index (χ3v) is 4.91. The Morgan fingerprint density at radius 1 is 1.25 bits per heavy atom. The summed E-state index contributed by atoms with van der Waals surface area (Å²) in [5.74, 6) is -0.298. The maximum absolute atomic E-state index is 13.2. The highest BCUT2D eigenvalue weighted by Crippen LogP contribution is 2.25. The van der Waals surface area contributed by atoms with Crippen LogP contribution in [0.25, 0.3) is 0 Å². The van der Waals surface area contributed by atoms with Crippen molar-refractivity contribution in [1.29, 1.82) is 0 Å². The van der Waals surface area contributed by atoms with Gasteiger partial charge in [-0.05, 0) is 26.7 Å². The molecule has 0 spiro atoms. The molecule has 1 N–H and O–H groups in total. The van der Waals surface area contributed by atoms with Gasteiger partial charge in [-0.3, -0.25) is 9.69 Å². The molecule has 0 bridgehead atoms. The van der Waals surface area contributed by atoms with Crippen molar-refractivity contribution in [2.75, 3.05) is 13.1 Å². The van der Waals surface area contributed by atoms with Crippen molar-refractivity contribution in [3.63, 3.8) is 0 Å². The highest BCUT2D eigenvalue weighted by atomic mass is 35.5. The highest BCUT2D eigenvalue weighted by molar-refractivity contribution is 6.30. The molecule has 28 heavy (non-hydrogen) atoms. The van der Waals surface area contributed by atoms with Crippen LogP contribution in [0.2, 0.25) is 5.02 Å². The van der Waals surface area contributed by atoms with Gasteiger partial charge in [-0.25, -0.2) is 14.8 Å². The standard InChI is InChI=1S/C19H29ClN4O4/c1-12(2)15(24(18(26)27)19(3,4)5)16(25)23-8-6-14(7-9-23)28-17-21-10-13(20)11-22-17/h10-12,14-15H,6-9H2,1-5H3,(H,26,27)/t15-/m0/s1. The highest BCUT2D eigenvalue weighted by Gasteiger charge is 2.41. The largest absolute Gasteiger partial charge is 0.465 e. The number of carboxylic acid groups (broad SMARTS) is 1. The molecule has 1 fully saturated rings. The molecule has 0 unspecified atom stereocenters. The Kier molecular flexibility index (Phi) is 7.09. The predicted octanol–water partition coefficient (Wildman–Crippen LogP) is 3.30. The van der Waals surface area contributed by atoms with E-state index in [4.69, 9.17) is 16.3 Å². The number of nitrogens with zero attached hydrogens (tertiary/aromatic N) is 4. The summed E-state index contributed by atoms with van der Waals surface area (Å²) in [5.41, 5.74) is -0.677. The van der Waals surface area contributed by atoms with Gasteiger partial charge < -0.3 is 14.7 Å². The van der Waals surface area contributed by atoms with Gasteiger partial charge in [0.15, 0.2) is 0 Å². The number of halogens is 1. The Morgan fingerprint density at radius 3 is 2.21 bits per heavy atom. The molecule has 8 nitrogen and oxygen atoms in total. The summed E-state index contributed by atoms with van der Waals surface area (Å²) in [4.78, 5) is 36.1.